The Morgan fingerprint density at radius 3 is 2.54 bits per heavy atom. The molecule has 8 heteroatoms. The summed E-state index contributed by atoms with van der Waals surface area (Å²) < 4.78 is 0. The first-order valence-corrected chi connectivity index (χ1v) is 12.9. The number of amides is 3. The van der Waals surface area contributed by atoms with E-state index in [9.17, 15) is 14.4 Å². The van der Waals surface area contributed by atoms with Gasteiger partial charge in [0.25, 0.3) is 5.91 Å². The Kier molecular flexibility index (Phi) is 8.26. The highest BCUT2D eigenvalue weighted by Crippen LogP contribution is 2.29. The number of hydrogen-bond donors (Lipinski definition) is 2. The summed E-state index contributed by atoms with van der Waals surface area (Å²) in [5.74, 6) is -1.05. The van der Waals surface area contributed by atoms with E-state index in [2.05, 4.69) is 29.5 Å². The van der Waals surface area contributed by atoms with Gasteiger partial charge in [-0.1, -0.05) is 54.4 Å². The van der Waals surface area contributed by atoms with Crippen LogP contribution in [0.5, 0.6) is 0 Å². The first-order chi connectivity index (χ1) is 17.8. The number of oxime groups is 1. The number of nitrogens with two attached hydrogens (primary N) is 1. The fraction of sp³-hybridized carbons (Fsp3) is 0.448. The molecular formula is C29H36N4O4. The molecule has 0 unspecified atom stereocenters. The second-order valence-corrected chi connectivity index (χ2v) is 10.1. The van der Waals surface area contributed by atoms with Crippen LogP contribution in [-0.2, 0) is 14.4 Å². The van der Waals surface area contributed by atoms with Crippen LogP contribution in [0.2, 0.25) is 0 Å². The number of hydrogen-bond acceptors (Lipinski definition) is 5. The van der Waals surface area contributed by atoms with Crippen molar-refractivity contribution in [1.29, 1.82) is 0 Å². The summed E-state index contributed by atoms with van der Waals surface area (Å²) in [4.78, 5) is 45.3. The Balaban J connectivity index is 1.51. The van der Waals surface area contributed by atoms with Crippen molar-refractivity contribution in [1.82, 2.24) is 10.2 Å². The molecule has 2 aromatic rings. The average molecular weight is 505 g/mol. The minimum atomic E-state index is -0.373. The maximum absolute atomic E-state index is 13.7. The summed E-state index contributed by atoms with van der Waals surface area (Å²) in [5, 5.41) is 7.09. The van der Waals surface area contributed by atoms with Crippen LogP contribution in [0.3, 0.4) is 0 Å². The third-order valence-electron chi connectivity index (χ3n) is 7.56. The molecule has 0 spiro atoms. The van der Waals surface area contributed by atoms with E-state index in [-0.39, 0.29) is 42.1 Å². The van der Waals surface area contributed by atoms with E-state index < -0.39 is 0 Å². The Morgan fingerprint density at radius 2 is 1.84 bits per heavy atom. The number of benzene rings is 2. The predicted molar refractivity (Wildman–Crippen MR) is 143 cm³/mol. The number of nitrogens with zero attached hydrogens (tertiary/aromatic N) is 2. The van der Waals surface area contributed by atoms with Gasteiger partial charge >= 0.3 is 0 Å². The number of aryl methyl sites for hydroxylation is 2. The molecule has 3 amide bonds. The highest BCUT2D eigenvalue weighted by atomic mass is 16.6. The van der Waals surface area contributed by atoms with Crippen LogP contribution < -0.4 is 11.1 Å². The second-order valence-electron chi connectivity index (χ2n) is 10.1. The van der Waals surface area contributed by atoms with Crippen molar-refractivity contribution in [2.24, 2.45) is 16.8 Å². The van der Waals surface area contributed by atoms with Gasteiger partial charge in [-0.3, -0.25) is 14.4 Å². The lowest BCUT2D eigenvalue weighted by molar-refractivity contribution is -0.126. The van der Waals surface area contributed by atoms with E-state index in [1.807, 2.05) is 37.3 Å². The zero-order valence-corrected chi connectivity index (χ0v) is 21.8. The SMILES string of the molecule is CON=C1C[C@@H](CC(=O)N[C@@H]2CCCC[C@@H]2C(N)=O)N(C(=O)c2ccc(-c3ccccc3C)cc2C)C1. The summed E-state index contributed by atoms with van der Waals surface area (Å²) in [7, 11) is 1.47. The molecule has 196 valence electrons. The molecular weight excluding hydrogens is 468 g/mol. The standard InChI is InChI=1S/C29H36N4O4/c1-18-8-4-5-9-23(18)20-12-13-24(19(2)14-20)29(36)33-17-21(32-37-3)15-22(33)16-27(34)31-26-11-7-6-10-25(26)28(30)35/h4-5,8-9,12-14,22,25-26H,6-7,10-11,15-17H2,1-3H3,(H2,30,35)(H,31,34)/t22-,25-,26+/m0/s1. The summed E-state index contributed by atoms with van der Waals surface area (Å²) in [6.45, 7) is 4.31. The molecule has 37 heavy (non-hydrogen) atoms. The number of primary amides is 1. The fourth-order valence-electron chi connectivity index (χ4n) is 5.63. The minimum absolute atomic E-state index is 0.122. The van der Waals surface area contributed by atoms with Crippen molar-refractivity contribution < 1.29 is 19.2 Å². The number of nitrogens with one attached hydrogen (secondary N) is 1. The summed E-state index contributed by atoms with van der Waals surface area (Å²) in [6.07, 6.45) is 3.88. The minimum Gasteiger partial charge on any atom is -0.399 e. The number of carbonyl (C=O) groups excluding carboxylic acids is 3. The largest absolute Gasteiger partial charge is 0.399 e. The van der Waals surface area contributed by atoms with Crippen molar-refractivity contribution in [2.75, 3.05) is 13.7 Å². The molecule has 1 saturated heterocycles. The lowest BCUT2D eigenvalue weighted by Gasteiger charge is -2.31. The van der Waals surface area contributed by atoms with E-state index in [1.165, 1.54) is 12.7 Å². The molecule has 8 nitrogen and oxygen atoms in total. The van der Waals surface area contributed by atoms with Gasteiger partial charge < -0.3 is 20.8 Å². The summed E-state index contributed by atoms with van der Waals surface area (Å²) >= 11 is 0. The zero-order valence-electron chi connectivity index (χ0n) is 21.8. The molecule has 4 rings (SSSR count). The maximum Gasteiger partial charge on any atom is 0.254 e. The van der Waals surface area contributed by atoms with Crippen LogP contribution >= 0.6 is 0 Å². The van der Waals surface area contributed by atoms with Crippen LogP contribution in [0.25, 0.3) is 11.1 Å². The van der Waals surface area contributed by atoms with Crippen LogP contribution in [-0.4, -0.2) is 54.1 Å². The number of carbonyl (C=O) groups is 3. The third-order valence-corrected chi connectivity index (χ3v) is 7.56. The van der Waals surface area contributed by atoms with Gasteiger partial charge in [0.05, 0.1) is 18.2 Å². The van der Waals surface area contributed by atoms with Gasteiger partial charge in [-0.25, -0.2) is 0 Å². The molecule has 1 aliphatic carbocycles. The molecule has 3 atom stereocenters. The van der Waals surface area contributed by atoms with E-state index in [1.54, 1.807) is 4.90 Å². The molecule has 2 aromatic carbocycles. The van der Waals surface area contributed by atoms with E-state index in [4.69, 9.17) is 10.6 Å². The zero-order chi connectivity index (χ0) is 26.5. The second kappa shape index (κ2) is 11.6. The first kappa shape index (κ1) is 26.4. The molecule has 0 aromatic heterocycles. The van der Waals surface area contributed by atoms with Gasteiger partial charge in [-0.2, -0.15) is 0 Å². The molecule has 0 bridgehead atoms. The number of rotatable bonds is 7. The highest BCUT2D eigenvalue weighted by molar-refractivity contribution is 6.02. The fourth-order valence-corrected chi connectivity index (χ4v) is 5.63. The van der Waals surface area contributed by atoms with E-state index in [0.29, 0.717) is 24.9 Å². The van der Waals surface area contributed by atoms with Crippen LogP contribution in [0.4, 0.5) is 0 Å². The van der Waals surface area contributed by atoms with Gasteiger partial charge in [0.2, 0.25) is 11.8 Å². The van der Waals surface area contributed by atoms with Gasteiger partial charge in [-0.05, 0) is 55.0 Å². The van der Waals surface area contributed by atoms with Crippen LogP contribution in [0.15, 0.2) is 47.6 Å². The smallest absolute Gasteiger partial charge is 0.254 e. The van der Waals surface area contributed by atoms with Crippen molar-refractivity contribution >= 4 is 23.4 Å². The Morgan fingerprint density at radius 1 is 1.08 bits per heavy atom. The predicted octanol–water partition coefficient (Wildman–Crippen LogP) is 3.74. The summed E-state index contributed by atoms with van der Waals surface area (Å²) in [6, 6.07) is 13.4. The monoisotopic (exact) mass is 504 g/mol. The Labute approximate surface area is 218 Å². The Bertz CT molecular complexity index is 1210. The van der Waals surface area contributed by atoms with Crippen molar-refractivity contribution in [3.63, 3.8) is 0 Å². The molecule has 2 fully saturated rings. The molecule has 0 radical (unpaired) electrons. The van der Waals surface area contributed by atoms with Crippen molar-refractivity contribution in [3.8, 4) is 11.1 Å². The Hall–Kier alpha value is -3.68. The molecule has 2 aliphatic rings. The number of likely N-dealkylation sites (tertiary alicyclic amines) is 1. The quantitative estimate of drug-likeness (QED) is 0.559. The topological polar surface area (TPSA) is 114 Å². The van der Waals surface area contributed by atoms with Gasteiger partial charge in [0.1, 0.15) is 7.11 Å². The van der Waals surface area contributed by atoms with Crippen molar-refractivity contribution in [3.05, 3.63) is 59.2 Å². The van der Waals surface area contributed by atoms with Crippen LogP contribution in [0, 0.1) is 19.8 Å². The highest BCUT2D eigenvalue weighted by Gasteiger charge is 2.37. The lowest BCUT2D eigenvalue weighted by atomic mass is 9.84. The maximum atomic E-state index is 13.7. The molecule has 1 aliphatic heterocycles. The van der Waals surface area contributed by atoms with Gasteiger partial charge in [0, 0.05) is 30.5 Å². The van der Waals surface area contributed by atoms with Gasteiger partial charge in [0.15, 0.2) is 0 Å². The third kappa shape index (κ3) is 6.01. The first-order valence-electron chi connectivity index (χ1n) is 12.9. The molecule has 1 saturated carbocycles. The van der Waals surface area contributed by atoms with E-state index >= 15 is 0 Å². The molecule has 3 N–H and O–H groups in total. The van der Waals surface area contributed by atoms with Crippen molar-refractivity contribution in [2.45, 2.75) is 64.5 Å². The van der Waals surface area contributed by atoms with Gasteiger partial charge in [-0.15, -0.1) is 0 Å². The normalized spacial score (nSPS) is 22.6. The molecule has 1 heterocycles. The average Bonchev–Trinajstić information content (AvgIpc) is 3.26. The lowest BCUT2D eigenvalue weighted by Crippen LogP contribution is -2.48. The van der Waals surface area contributed by atoms with Crippen LogP contribution in [0.1, 0.15) is 60.0 Å². The van der Waals surface area contributed by atoms with E-state index in [0.717, 1.165) is 41.7 Å². The summed E-state index contributed by atoms with van der Waals surface area (Å²) in [5.41, 5.74) is 11.1.